The number of nitrogens with one attached hydrogen (secondary N) is 2. The molecule has 0 bridgehead atoms. The van der Waals surface area contributed by atoms with Crippen LogP contribution >= 0.6 is 15.9 Å². The van der Waals surface area contributed by atoms with Crippen molar-refractivity contribution in [1.82, 2.24) is 15.1 Å². The number of hydrogen-bond donors (Lipinski definition) is 2. The topological polar surface area (TPSA) is 92.9 Å². The van der Waals surface area contributed by atoms with E-state index in [2.05, 4.69) is 41.7 Å². The molecule has 1 amide bonds. The smallest absolute Gasteiger partial charge is 0.274 e. The lowest BCUT2D eigenvalue weighted by atomic mass is 10.3. The Labute approximate surface area is 140 Å². The van der Waals surface area contributed by atoms with Gasteiger partial charge in [0.1, 0.15) is 11.5 Å². The average Bonchev–Trinajstić information content (AvgIpc) is 2.95. The van der Waals surface area contributed by atoms with Gasteiger partial charge in [-0.3, -0.25) is 4.79 Å². The lowest BCUT2D eigenvalue weighted by Gasteiger charge is -2.06. The number of benzene rings is 1. The molecule has 3 rings (SSSR count). The Morgan fingerprint density at radius 2 is 2.00 bits per heavy atom. The summed E-state index contributed by atoms with van der Waals surface area (Å²) in [5.41, 5.74) is 0.920. The first-order valence-corrected chi connectivity index (χ1v) is 7.50. The minimum atomic E-state index is -0.325. The molecule has 3 aromatic rings. The zero-order valence-corrected chi connectivity index (χ0v) is 13.7. The maximum Gasteiger partial charge on any atom is 0.274 e. The third kappa shape index (κ3) is 3.92. The minimum absolute atomic E-state index is 0.241. The summed E-state index contributed by atoms with van der Waals surface area (Å²) in [6.45, 7) is 1.78. The van der Waals surface area contributed by atoms with Crippen LogP contribution in [0.4, 0.5) is 17.5 Å². The van der Waals surface area contributed by atoms with Crippen LogP contribution in [-0.2, 0) is 0 Å². The van der Waals surface area contributed by atoms with Gasteiger partial charge in [-0.15, -0.1) is 0 Å². The Hall–Kier alpha value is -2.74. The standard InChI is InChI=1S/C15H12BrN5O2/c1-9-8-13(21-23-9)20-15-17-7-6-12(19-15)14(22)18-11-4-2-10(16)3-5-11/h2-8H,1H3,(H,18,22)(H,17,19,20,21). The van der Waals surface area contributed by atoms with Gasteiger partial charge in [0.2, 0.25) is 5.95 Å². The van der Waals surface area contributed by atoms with E-state index in [-0.39, 0.29) is 17.5 Å². The summed E-state index contributed by atoms with van der Waals surface area (Å²) < 4.78 is 5.89. The van der Waals surface area contributed by atoms with Crippen LogP contribution in [0.5, 0.6) is 0 Å². The molecule has 7 nitrogen and oxygen atoms in total. The summed E-state index contributed by atoms with van der Waals surface area (Å²) in [5, 5.41) is 9.44. The van der Waals surface area contributed by atoms with Crippen molar-refractivity contribution in [3.63, 3.8) is 0 Å². The predicted octanol–water partition coefficient (Wildman–Crippen LogP) is 3.53. The van der Waals surface area contributed by atoms with E-state index >= 15 is 0 Å². The maximum atomic E-state index is 12.2. The van der Waals surface area contributed by atoms with Gasteiger partial charge >= 0.3 is 0 Å². The molecule has 0 saturated heterocycles. The zero-order valence-electron chi connectivity index (χ0n) is 12.1. The van der Waals surface area contributed by atoms with E-state index in [9.17, 15) is 4.79 Å². The molecule has 23 heavy (non-hydrogen) atoms. The highest BCUT2D eigenvalue weighted by Crippen LogP contribution is 2.16. The Bertz CT molecular complexity index is 832. The van der Waals surface area contributed by atoms with Crippen molar-refractivity contribution in [3.05, 3.63) is 58.5 Å². The number of aryl methyl sites for hydroxylation is 1. The van der Waals surface area contributed by atoms with E-state index in [4.69, 9.17) is 4.52 Å². The molecule has 1 aromatic carbocycles. The van der Waals surface area contributed by atoms with Crippen LogP contribution in [0, 0.1) is 6.92 Å². The number of carbonyl (C=O) groups is 1. The molecule has 116 valence electrons. The number of amides is 1. The monoisotopic (exact) mass is 373 g/mol. The fourth-order valence-corrected chi connectivity index (χ4v) is 2.08. The second-order valence-corrected chi connectivity index (χ2v) is 5.59. The van der Waals surface area contributed by atoms with Gasteiger partial charge in [0.15, 0.2) is 5.82 Å². The molecule has 0 radical (unpaired) electrons. The van der Waals surface area contributed by atoms with E-state index in [0.717, 1.165) is 4.47 Å². The highest BCUT2D eigenvalue weighted by molar-refractivity contribution is 9.10. The number of hydrogen-bond acceptors (Lipinski definition) is 6. The number of aromatic nitrogens is 3. The van der Waals surface area contributed by atoms with Gasteiger partial charge in [0.25, 0.3) is 5.91 Å². The normalized spacial score (nSPS) is 10.3. The first-order chi connectivity index (χ1) is 11.1. The van der Waals surface area contributed by atoms with Crippen molar-refractivity contribution in [1.29, 1.82) is 0 Å². The SMILES string of the molecule is Cc1cc(Nc2nccc(C(=O)Nc3ccc(Br)cc3)n2)no1. The van der Waals surface area contributed by atoms with Crippen LogP contribution in [0.3, 0.4) is 0 Å². The van der Waals surface area contributed by atoms with E-state index in [1.807, 2.05) is 12.1 Å². The Morgan fingerprint density at radius 1 is 1.22 bits per heavy atom. The largest absolute Gasteiger partial charge is 0.360 e. The summed E-state index contributed by atoms with van der Waals surface area (Å²) in [6, 6.07) is 10.5. The van der Waals surface area contributed by atoms with Gasteiger partial charge in [-0.25, -0.2) is 9.97 Å². The molecule has 8 heteroatoms. The number of halogens is 1. The van der Waals surface area contributed by atoms with Gasteiger partial charge in [0.05, 0.1) is 0 Å². The van der Waals surface area contributed by atoms with Crippen LogP contribution in [-0.4, -0.2) is 21.0 Å². The van der Waals surface area contributed by atoms with Crippen LogP contribution in [0.2, 0.25) is 0 Å². The molecular formula is C15H12BrN5O2. The van der Waals surface area contributed by atoms with Crippen molar-refractivity contribution in [2.75, 3.05) is 10.6 Å². The average molecular weight is 374 g/mol. The number of rotatable bonds is 4. The molecule has 0 saturated carbocycles. The highest BCUT2D eigenvalue weighted by atomic mass is 79.9. The second kappa shape index (κ2) is 6.57. The van der Waals surface area contributed by atoms with E-state index in [1.165, 1.54) is 12.3 Å². The summed E-state index contributed by atoms with van der Waals surface area (Å²) in [4.78, 5) is 20.5. The van der Waals surface area contributed by atoms with Crippen molar-refractivity contribution < 1.29 is 9.32 Å². The third-order valence-corrected chi connectivity index (χ3v) is 3.39. The first kappa shape index (κ1) is 15.2. The van der Waals surface area contributed by atoms with Gasteiger partial charge < -0.3 is 15.2 Å². The van der Waals surface area contributed by atoms with Gasteiger partial charge in [0, 0.05) is 22.4 Å². The maximum absolute atomic E-state index is 12.2. The van der Waals surface area contributed by atoms with E-state index in [0.29, 0.717) is 17.3 Å². The van der Waals surface area contributed by atoms with E-state index in [1.54, 1.807) is 25.1 Å². The lowest BCUT2D eigenvalue weighted by molar-refractivity contribution is 0.102. The summed E-state index contributed by atoms with van der Waals surface area (Å²) >= 11 is 3.34. The molecule has 0 aliphatic heterocycles. The molecule has 0 aliphatic rings. The lowest BCUT2D eigenvalue weighted by Crippen LogP contribution is -2.14. The Kier molecular flexibility index (Phi) is 4.33. The molecule has 2 heterocycles. The number of carbonyl (C=O) groups excluding carboxylic acids is 1. The molecule has 0 unspecified atom stereocenters. The molecule has 2 N–H and O–H groups in total. The van der Waals surface area contributed by atoms with Crippen LogP contribution in [0.15, 0.2) is 51.6 Å². The van der Waals surface area contributed by atoms with Gasteiger partial charge in [-0.05, 0) is 37.3 Å². The van der Waals surface area contributed by atoms with Crippen molar-refractivity contribution in [2.24, 2.45) is 0 Å². The Balaban J connectivity index is 1.73. The van der Waals surface area contributed by atoms with Crippen LogP contribution in [0.1, 0.15) is 16.2 Å². The third-order valence-electron chi connectivity index (χ3n) is 2.86. The van der Waals surface area contributed by atoms with E-state index < -0.39 is 0 Å². The van der Waals surface area contributed by atoms with Crippen LogP contribution < -0.4 is 10.6 Å². The van der Waals surface area contributed by atoms with Gasteiger partial charge in [-0.2, -0.15) is 0 Å². The minimum Gasteiger partial charge on any atom is -0.360 e. The van der Waals surface area contributed by atoms with Crippen molar-refractivity contribution in [2.45, 2.75) is 6.92 Å². The number of anilines is 3. The quantitative estimate of drug-likeness (QED) is 0.726. The molecule has 0 atom stereocenters. The molecule has 2 aromatic heterocycles. The molecule has 0 fully saturated rings. The molecule has 0 spiro atoms. The Morgan fingerprint density at radius 3 is 2.70 bits per heavy atom. The fraction of sp³-hybridized carbons (Fsp3) is 0.0667. The summed E-state index contributed by atoms with van der Waals surface area (Å²) in [6.07, 6.45) is 1.50. The fourth-order valence-electron chi connectivity index (χ4n) is 1.81. The molecule has 0 aliphatic carbocycles. The molecular weight excluding hydrogens is 362 g/mol. The number of nitrogens with zero attached hydrogens (tertiary/aromatic N) is 3. The predicted molar refractivity (Wildman–Crippen MR) is 88.6 cm³/mol. The van der Waals surface area contributed by atoms with Crippen molar-refractivity contribution in [3.8, 4) is 0 Å². The van der Waals surface area contributed by atoms with Crippen LogP contribution in [0.25, 0.3) is 0 Å². The highest BCUT2D eigenvalue weighted by Gasteiger charge is 2.10. The zero-order chi connectivity index (χ0) is 16.2. The van der Waals surface area contributed by atoms with Gasteiger partial charge in [-0.1, -0.05) is 21.1 Å². The van der Waals surface area contributed by atoms with Crippen molar-refractivity contribution >= 4 is 39.3 Å². The summed E-state index contributed by atoms with van der Waals surface area (Å²) in [5.74, 6) is 1.08. The first-order valence-electron chi connectivity index (χ1n) is 6.70. The second-order valence-electron chi connectivity index (χ2n) is 4.67. The summed E-state index contributed by atoms with van der Waals surface area (Å²) in [7, 11) is 0.